The molecule has 0 radical (unpaired) electrons. The van der Waals surface area contributed by atoms with Crippen LogP contribution in [0.1, 0.15) is 113 Å². The average Bonchev–Trinajstić information content (AvgIpc) is 3.74. The lowest BCUT2D eigenvalue weighted by molar-refractivity contribution is -0.164. The molecule has 1 aromatic heterocycles. The smallest absolute Gasteiger partial charge is 0.334 e. The monoisotopic (exact) mass is 744 g/mol. The van der Waals surface area contributed by atoms with E-state index >= 15 is 0 Å². The fourth-order valence-electron chi connectivity index (χ4n) is 7.91. The zero-order valence-electron chi connectivity index (χ0n) is 33.8. The molecule has 1 atom stereocenters. The van der Waals surface area contributed by atoms with Crippen molar-refractivity contribution in [3.8, 4) is 11.8 Å². The van der Waals surface area contributed by atoms with Crippen LogP contribution in [-0.2, 0) is 36.8 Å². The first-order valence-electron chi connectivity index (χ1n) is 20.2. The summed E-state index contributed by atoms with van der Waals surface area (Å²) < 4.78 is 22.8. The van der Waals surface area contributed by atoms with Gasteiger partial charge in [-0.25, -0.2) is 4.79 Å². The zero-order valence-corrected chi connectivity index (χ0v) is 33.8. The van der Waals surface area contributed by atoms with Crippen LogP contribution in [0.25, 0.3) is 11.0 Å². The van der Waals surface area contributed by atoms with Crippen LogP contribution in [0.5, 0.6) is 0 Å². The quantitative estimate of drug-likeness (QED) is 0.0771. The third-order valence-corrected chi connectivity index (χ3v) is 10.6. The maximum Gasteiger partial charge on any atom is 0.334 e. The largest absolute Gasteiger partial charge is 0.461 e. The minimum atomic E-state index is -0.637. The molecule has 2 fully saturated rings. The molecule has 1 aliphatic heterocycles. The Morgan fingerprint density at radius 3 is 2.24 bits per heavy atom. The number of esters is 2. The van der Waals surface area contributed by atoms with Crippen LogP contribution in [0.3, 0.4) is 0 Å². The Bertz CT molecular complexity index is 1900. The number of rotatable bonds is 13. The van der Waals surface area contributed by atoms with Gasteiger partial charge in [0, 0.05) is 42.0 Å². The molecule has 55 heavy (non-hydrogen) atoms. The number of furan rings is 1. The van der Waals surface area contributed by atoms with E-state index in [1.54, 1.807) is 7.11 Å². The highest BCUT2D eigenvalue weighted by Crippen LogP contribution is 2.42. The van der Waals surface area contributed by atoms with Crippen LogP contribution in [0.2, 0.25) is 0 Å². The van der Waals surface area contributed by atoms with Gasteiger partial charge in [0.25, 0.3) is 0 Å². The second-order valence-electron chi connectivity index (χ2n) is 16.4. The Labute approximate surface area is 329 Å². The molecule has 2 heterocycles. The van der Waals surface area contributed by atoms with Crippen molar-refractivity contribution < 1.29 is 28.2 Å². The lowest BCUT2D eigenvalue weighted by Crippen LogP contribution is -2.38. The minimum absolute atomic E-state index is 0.0915. The first-order chi connectivity index (χ1) is 26.5. The van der Waals surface area contributed by atoms with Crippen molar-refractivity contribution in [2.75, 3.05) is 13.7 Å². The van der Waals surface area contributed by atoms with Gasteiger partial charge in [0.05, 0.1) is 12.0 Å². The number of carbonyl (C=O) groups excluding carboxylic acids is 2. The summed E-state index contributed by atoms with van der Waals surface area (Å²) in [6.07, 6.45) is 10.4. The van der Waals surface area contributed by atoms with E-state index in [0.29, 0.717) is 37.2 Å². The average molecular weight is 745 g/mol. The van der Waals surface area contributed by atoms with Gasteiger partial charge in [-0.15, -0.1) is 0 Å². The predicted octanol–water partition coefficient (Wildman–Crippen LogP) is 11.4. The molecule has 6 nitrogen and oxygen atoms in total. The first-order valence-corrected chi connectivity index (χ1v) is 20.2. The van der Waals surface area contributed by atoms with Crippen molar-refractivity contribution >= 4 is 22.9 Å². The van der Waals surface area contributed by atoms with Crippen LogP contribution in [0.4, 0.5) is 0 Å². The van der Waals surface area contributed by atoms with Crippen molar-refractivity contribution in [3.63, 3.8) is 0 Å². The molecule has 1 aliphatic carbocycles. The summed E-state index contributed by atoms with van der Waals surface area (Å²) in [7, 11) is 1.70. The summed E-state index contributed by atoms with van der Waals surface area (Å²) in [4.78, 5) is 26.4. The molecule has 1 unspecified atom stereocenters. The van der Waals surface area contributed by atoms with Gasteiger partial charge < -0.3 is 18.6 Å². The van der Waals surface area contributed by atoms with Gasteiger partial charge in [0.15, 0.2) is 0 Å². The van der Waals surface area contributed by atoms with Crippen molar-refractivity contribution in [3.05, 3.63) is 119 Å². The van der Waals surface area contributed by atoms with Gasteiger partial charge >= 0.3 is 11.9 Å². The number of hydrogen-bond acceptors (Lipinski definition) is 6. The van der Waals surface area contributed by atoms with Crippen molar-refractivity contribution in [1.82, 2.24) is 0 Å². The number of aryl methyl sites for hydroxylation is 1. The van der Waals surface area contributed by atoms with Crippen molar-refractivity contribution in [2.24, 2.45) is 23.2 Å². The molecule has 292 valence electrons. The second kappa shape index (κ2) is 20.4. The lowest BCUT2D eigenvalue weighted by Gasteiger charge is -2.34. The maximum absolute atomic E-state index is 13.7. The molecular weight excluding hydrogens is 685 g/mol. The summed E-state index contributed by atoms with van der Waals surface area (Å²) in [5, 5.41) is 0.978. The van der Waals surface area contributed by atoms with Crippen LogP contribution in [-0.4, -0.2) is 31.8 Å². The number of cyclic esters (lactones) is 1. The SMILES string of the molecule is COCc1ccccc1.Cc1ccc(C#Cc2ccc3oc(CC4(C(=O)OCC5C/C(=C\CC(CC(C)C)CC(C)C)C(=O)O5)CCCCC4)cc3c2)cc1. The molecule has 0 amide bonds. The number of ether oxygens (including phenoxy) is 3. The number of methoxy groups -OCH3 is 1. The van der Waals surface area contributed by atoms with Gasteiger partial charge in [-0.3, -0.25) is 4.79 Å². The van der Waals surface area contributed by atoms with Gasteiger partial charge in [-0.1, -0.05) is 113 Å². The van der Waals surface area contributed by atoms with Crippen LogP contribution in [0, 0.1) is 41.9 Å². The summed E-state index contributed by atoms with van der Waals surface area (Å²) in [5.41, 5.74) is 5.20. The molecular formula is C49H60O6. The van der Waals surface area contributed by atoms with Crippen molar-refractivity contribution in [2.45, 2.75) is 112 Å². The highest BCUT2D eigenvalue weighted by molar-refractivity contribution is 5.90. The Morgan fingerprint density at radius 2 is 1.56 bits per heavy atom. The van der Waals surface area contributed by atoms with E-state index in [0.717, 1.165) is 84.8 Å². The Kier molecular flexibility index (Phi) is 15.4. The first kappa shape index (κ1) is 41.6. The normalized spacial score (nSPS) is 17.2. The summed E-state index contributed by atoms with van der Waals surface area (Å²) in [5.74, 6) is 8.60. The maximum atomic E-state index is 13.7. The standard InChI is InChI=1S/C41H50O5.C8H10O/c1-28(2)21-33(22-29(3)4)15-17-34-24-37(46-39(34)42)27-44-40(43)41(19-7-6-8-20-41)26-36-25-35-23-32(16-18-38(35)45-36)14-13-31-11-9-30(5)10-12-31;1-9-7-8-5-3-2-4-6-8/h9-12,16-18,23,25,28-29,33,37H,6-8,15,19-22,24,26-27H2,1-5H3;2-6H,7H2,1H3/b34-17+;. The Balaban J connectivity index is 0.000000566. The Morgan fingerprint density at radius 1 is 0.891 bits per heavy atom. The molecule has 1 saturated carbocycles. The molecule has 3 aromatic carbocycles. The molecule has 0 bridgehead atoms. The van der Waals surface area contributed by atoms with Gasteiger partial charge in [0.1, 0.15) is 24.1 Å². The van der Waals surface area contributed by atoms with Crippen molar-refractivity contribution in [1.29, 1.82) is 0 Å². The fourth-order valence-corrected chi connectivity index (χ4v) is 7.91. The highest BCUT2D eigenvalue weighted by Gasteiger charge is 2.43. The predicted molar refractivity (Wildman–Crippen MR) is 220 cm³/mol. The number of carbonyl (C=O) groups is 2. The molecule has 1 saturated heterocycles. The minimum Gasteiger partial charge on any atom is -0.461 e. The summed E-state index contributed by atoms with van der Waals surface area (Å²) in [6, 6.07) is 26.3. The number of hydrogen-bond donors (Lipinski definition) is 0. The van der Waals surface area contributed by atoms with E-state index in [2.05, 4.69) is 64.7 Å². The lowest BCUT2D eigenvalue weighted by atomic mass is 9.71. The Hall–Kier alpha value is -4.60. The molecule has 2 aliphatic rings. The topological polar surface area (TPSA) is 75.0 Å². The summed E-state index contributed by atoms with van der Waals surface area (Å²) >= 11 is 0. The second-order valence-corrected chi connectivity index (χ2v) is 16.4. The molecule has 0 spiro atoms. The van der Waals surface area contributed by atoms with E-state index < -0.39 is 11.5 Å². The van der Waals surface area contributed by atoms with Crippen LogP contribution < -0.4 is 0 Å². The number of fused-ring (bicyclic) bond motifs is 1. The van der Waals surface area contributed by atoms with Gasteiger partial charge in [-0.2, -0.15) is 0 Å². The third-order valence-electron chi connectivity index (χ3n) is 10.6. The van der Waals surface area contributed by atoms with E-state index in [9.17, 15) is 9.59 Å². The molecule has 6 heteroatoms. The van der Waals surface area contributed by atoms with E-state index in [-0.39, 0.29) is 18.5 Å². The van der Waals surface area contributed by atoms with E-state index in [1.165, 1.54) is 11.1 Å². The third kappa shape index (κ3) is 12.7. The van der Waals surface area contributed by atoms with Gasteiger partial charge in [-0.05, 0) is 98.7 Å². The molecule has 0 N–H and O–H groups in total. The highest BCUT2D eigenvalue weighted by atomic mass is 16.6. The molecule has 4 aromatic rings. The van der Waals surface area contributed by atoms with Crippen LogP contribution in [0.15, 0.2) is 94.9 Å². The zero-order chi connectivity index (χ0) is 39.2. The van der Waals surface area contributed by atoms with E-state index in [4.69, 9.17) is 18.6 Å². The summed E-state index contributed by atoms with van der Waals surface area (Å²) in [6.45, 7) is 11.9. The molecule has 6 rings (SSSR count). The fraction of sp³-hybridized carbons (Fsp3) is 0.469. The number of benzene rings is 3. The van der Waals surface area contributed by atoms with Gasteiger partial charge in [0.2, 0.25) is 0 Å². The van der Waals surface area contributed by atoms with E-state index in [1.807, 2.05) is 66.7 Å². The number of allylic oxidation sites excluding steroid dienone is 1. The van der Waals surface area contributed by atoms with Crippen LogP contribution >= 0.6 is 0 Å².